The van der Waals surface area contributed by atoms with E-state index in [1.165, 1.54) is 0 Å². The van der Waals surface area contributed by atoms with Crippen molar-refractivity contribution in [3.63, 3.8) is 0 Å². The van der Waals surface area contributed by atoms with Gasteiger partial charge in [-0.3, -0.25) is 4.79 Å². The number of hydrogen-bond acceptors (Lipinski definition) is 2. The molecule has 1 aliphatic rings. The van der Waals surface area contributed by atoms with Crippen LogP contribution in [-0.4, -0.2) is 42.9 Å². The van der Waals surface area contributed by atoms with Crippen LogP contribution in [0.15, 0.2) is 23.2 Å². The van der Waals surface area contributed by atoms with Gasteiger partial charge >= 0.3 is 0 Å². The molecule has 24 heavy (non-hydrogen) atoms. The molecule has 1 amide bonds. The van der Waals surface area contributed by atoms with Gasteiger partial charge in [-0.05, 0) is 37.5 Å². The summed E-state index contributed by atoms with van der Waals surface area (Å²) in [4.78, 5) is 18.0. The lowest BCUT2D eigenvalue weighted by Crippen LogP contribution is -2.39. The monoisotopic (exact) mass is 370 g/mol. The Morgan fingerprint density at radius 2 is 2.17 bits per heavy atom. The Hall–Kier alpha value is -1.46. The minimum atomic E-state index is 0.271. The minimum Gasteiger partial charge on any atom is -0.357 e. The van der Waals surface area contributed by atoms with Gasteiger partial charge in [-0.25, -0.2) is 4.99 Å². The van der Waals surface area contributed by atoms with Gasteiger partial charge in [-0.1, -0.05) is 29.3 Å². The van der Waals surface area contributed by atoms with Crippen molar-refractivity contribution in [1.29, 1.82) is 0 Å². The normalized spacial score (nSPS) is 15.0. The zero-order valence-corrected chi connectivity index (χ0v) is 15.5. The molecule has 1 aliphatic heterocycles. The second kappa shape index (κ2) is 9.74. The highest BCUT2D eigenvalue weighted by molar-refractivity contribution is 6.35. The fourth-order valence-corrected chi connectivity index (χ4v) is 3.04. The number of guanidine groups is 1. The highest BCUT2D eigenvalue weighted by atomic mass is 35.5. The van der Waals surface area contributed by atoms with Crippen molar-refractivity contribution in [2.24, 2.45) is 4.99 Å². The molecule has 0 bridgehead atoms. The van der Waals surface area contributed by atoms with E-state index in [1.807, 2.05) is 24.0 Å². The lowest BCUT2D eigenvalue weighted by atomic mass is 10.2. The quantitative estimate of drug-likeness (QED) is 0.440. The van der Waals surface area contributed by atoms with Crippen LogP contribution in [0.4, 0.5) is 0 Å². The fourth-order valence-electron chi connectivity index (χ4n) is 2.57. The molecule has 0 radical (unpaired) electrons. The van der Waals surface area contributed by atoms with Crippen molar-refractivity contribution in [1.82, 2.24) is 15.5 Å². The van der Waals surface area contributed by atoms with Crippen molar-refractivity contribution < 1.29 is 4.79 Å². The van der Waals surface area contributed by atoms with Crippen LogP contribution < -0.4 is 10.6 Å². The summed E-state index contributed by atoms with van der Waals surface area (Å²) in [5, 5.41) is 7.74. The van der Waals surface area contributed by atoms with Gasteiger partial charge in [0.05, 0.1) is 6.54 Å². The Bertz CT molecular complexity index is 592. The summed E-state index contributed by atoms with van der Waals surface area (Å²) >= 11 is 12.1. The van der Waals surface area contributed by atoms with Crippen LogP contribution in [0.5, 0.6) is 0 Å². The van der Waals surface area contributed by atoms with Crippen molar-refractivity contribution >= 4 is 35.1 Å². The third kappa shape index (κ3) is 5.87. The van der Waals surface area contributed by atoms with Crippen molar-refractivity contribution in [2.75, 3.05) is 26.2 Å². The fraction of sp³-hybridized carbons (Fsp3) is 0.529. The van der Waals surface area contributed by atoms with Crippen molar-refractivity contribution in [3.8, 4) is 0 Å². The standard InChI is InChI=1S/C17H24Cl2N4O/c1-2-20-17(21-8-4-10-23-9-3-5-16(23)24)22-12-13-6-7-14(18)11-15(13)19/h6-7,11H,2-5,8-10,12H2,1H3,(H2,20,21,22). The van der Waals surface area contributed by atoms with E-state index < -0.39 is 0 Å². The van der Waals surface area contributed by atoms with E-state index in [1.54, 1.807) is 6.07 Å². The van der Waals surface area contributed by atoms with Crippen molar-refractivity contribution in [2.45, 2.75) is 32.7 Å². The molecule has 2 N–H and O–H groups in total. The maximum Gasteiger partial charge on any atom is 0.222 e. The molecule has 1 aromatic rings. The van der Waals surface area contributed by atoms with E-state index >= 15 is 0 Å². The van der Waals surface area contributed by atoms with Crippen LogP contribution in [0, 0.1) is 0 Å². The molecule has 1 heterocycles. The van der Waals surface area contributed by atoms with Crippen LogP contribution >= 0.6 is 23.2 Å². The van der Waals surface area contributed by atoms with Gasteiger partial charge < -0.3 is 15.5 Å². The minimum absolute atomic E-state index is 0.271. The number of carbonyl (C=O) groups is 1. The van der Waals surface area contributed by atoms with Crippen LogP contribution in [0.25, 0.3) is 0 Å². The average Bonchev–Trinajstić information content (AvgIpc) is 2.95. The van der Waals surface area contributed by atoms with E-state index in [2.05, 4.69) is 15.6 Å². The largest absolute Gasteiger partial charge is 0.357 e. The summed E-state index contributed by atoms with van der Waals surface area (Å²) < 4.78 is 0. The van der Waals surface area contributed by atoms with Crippen LogP contribution in [0.3, 0.4) is 0 Å². The Balaban J connectivity index is 1.80. The smallest absolute Gasteiger partial charge is 0.222 e. The lowest BCUT2D eigenvalue weighted by molar-refractivity contribution is -0.127. The molecule has 0 aromatic heterocycles. The molecule has 5 nitrogen and oxygen atoms in total. The number of nitrogens with zero attached hydrogens (tertiary/aromatic N) is 2. The maximum atomic E-state index is 11.6. The van der Waals surface area contributed by atoms with E-state index in [0.717, 1.165) is 50.5 Å². The first-order valence-electron chi connectivity index (χ1n) is 8.34. The molecule has 1 aromatic carbocycles. The van der Waals surface area contributed by atoms with E-state index in [0.29, 0.717) is 23.0 Å². The molecule has 0 spiro atoms. The van der Waals surface area contributed by atoms with Gasteiger partial charge in [0.25, 0.3) is 0 Å². The Labute approximate surface area is 153 Å². The summed E-state index contributed by atoms with van der Waals surface area (Å²) in [7, 11) is 0. The van der Waals surface area contributed by atoms with Gasteiger partial charge in [0, 0.05) is 42.6 Å². The zero-order valence-electron chi connectivity index (χ0n) is 13.9. The van der Waals surface area contributed by atoms with Crippen LogP contribution in [-0.2, 0) is 11.3 Å². The summed E-state index contributed by atoms with van der Waals surface area (Å²) in [6, 6.07) is 5.42. The molecule has 0 aliphatic carbocycles. The topological polar surface area (TPSA) is 56.7 Å². The summed E-state index contributed by atoms with van der Waals surface area (Å²) in [6.45, 7) is 5.75. The van der Waals surface area contributed by atoms with Gasteiger partial charge in [-0.15, -0.1) is 0 Å². The van der Waals surface area contributed by atoms with Gasteiger partial charge in [0.1, 0.15) is 0 Å². The number of aliphatic imine (C=N–C) groups is 1. The van der Waals surface area contributed by atoms with Crippen molar-refractivity contribution in [3.05, 3.63) is 33.8 Å². The summed E-state index contributed by atoms with van der Waals surface area (Å²) in [6.07, 6.45) is 2.58. The summed E-state index contributed by atoms with van der Waals surface area (Å²) in [5.74, 6) is 1.02. The van der Waals surface area contributed by atoms with Gasteiger partial charge in [-0.2, -0.15) is 0 Å². The Morgan fingerprint density at radius 1 is 1.33 bits per heavy atom. The number of amides is 1. The SMILES string of the molecule is CCNC(=NCc1ccc(Cl)cc1Cl)NCCCN1CCCC1=O. The molecule has 132 valence electrons. The molecule has 0 atom stereocenters. The molecular weight excluding hydrogens is 347 g/mol. The Kier molecular flexibility index (Phi) is 7.66. The van der Waals surface area contributed by atoms with Gasteiger partial charge in [0.2, 0.25) is 5.91 Å². The maximum absolute atomic E-state index is 11.6. The first-order valence-corrected chi connectivity index (χ1v) is 9.09. The van der Waals surface area contributed by atoms with Gasteiger partial charge in [0.15, 0.2) is 5.96 Å². The highest BCUT2D eigenvalue weighted by Crippen LogP contribution is 2.21. The van der Waals surface area contributed by atoms with E-state index in [4.69, 9.17) is 23.2 Å². The molecular formula is C17H24Cl2N4O. The van der Waals surface area contributed by atoms with E-state index in [9.17, 15) is 4.79 Å². The third-order valence-electron chi connectivity index (χ3n) is 3.84. The van der Waals surface area contributed by atoms with Crippen LogP contribution in [0.1, 0.15) is 31.7 Å². The number of benzene rings is 1. The second-order valence-electron chi connectivity index (χ2n) is 5.70. The molecule has 7 heteroatoms. The Morgan fingerprint density at radius 3 is 2.83 bits per heavy atom. The molecule has 0 saturated carbocycles. The van der Waals surface area contributed by atoms with Crippen LogP contribution in [0.2, 0.25) is 10.0 Å². The summed E-state index contributed by atoms with van der Waals surface area (Å²) in [5.41, 5.74) is 0.931. The third-order valence-corrected chi connectivity index (χ3v) is 4.42. The molecule has 1 saturated heterocycles. The first kappa shape index (κ1) is 18.9. The number of nitrogens with one attached hydrogen (secondary N) is 2. The second-order valence-corrected chi connectivity index (χ2v) is 6.54. The predicted molar refractivity (Wildman–Crippen MR) is 99.7 cm³/mol. The number of likely N-dealkylation sites (tertiary alicyclic amines) is 1. The lowest BCUT2D eigenvalue weighted by Gasteiger charge is -2.16. The molecule has 2 rings (SSSR count). The highest BCUT2D eigenvalue weighted by Gasteiger charge is 2.18. The first-order chi connectivity index (χ1) is 11.6. The molecule has 0 unspecified atom stereocenters. The number of hydrogen-bond donors (Lipinski definition) is 2. The average molecular weight is 371 g/mol. The number of halogens is 2. The number of carbonyl (C=O) groups excluding carboxylic acids is 1. The molecule has 1 fully saturated rings. The zero-order chi connectivity index (χ0) is 17.4. The van der Waals surface area contributed by atoms with E-state index in [-0.39, 0.29) is 5.91 Å². The number of rotatable bonds is 7. The predicted octanol–water partition coefficient (Wildman–Crippen LogP) is 3.06.